The summed E-state index contributed by atoms with van der Waals surface area (Å²) in [6.07, 6.45) is 3.54. The molecule has 0 spiro atoms. The van der Waals surface area contributed by atoms with E-state index in [4.69, 9.17) is 9.47 Å². The molecule has 0 bridgehead atoms. The molecule has 76 valence electrons. The van der Waals surface area contributed by atoms with E-state index in [2.05, 4.69) is 15.9 Å². The first kappa shape index (κ1) is 11.1. The van der Waals surface area contributed by atoms with Crippen LogP contribution in [0, 0.1) is 6.92 Å². The van der Waals surface area contributed by atoms with Gasteiger partial charge >= 0.3 is 0 Å². The van der Waals surface area contributed by atoms with Crippen LogP contribution in [0.5, 0.6) is 5.75 Å². The van der Waals surface area contributed by atoms with Crippen molar-refractivity contribution in [3.63, 3.8) is 0 Å². The molecule has 0 saturated heterocycles. The predicted octanol–water partition coefficient (Wildman–Crippen LogP) is 3.38. The second-order valence-corrected chi connectivity index (χ2v) is 3.74. The number of benzene rings is 1. The lowest BCUT2D eigenvalue weighted by molar-refractivity contribution is 0.341. The SMILES string of the molecule is CO/C=C/c1cc(C)c(OC)cc1Br. The van der Waals surface area contributed by atoms with E-state index in [0.29, 0.717) is 0 Å². The van der Waals surface area contributed by atoms with Crippen LogP contribution in [-0.4, -0.2) is 14.2 Å². The topological polar surface area (TPSA) is 18.5 Å². The van der Waals surface area contributed by atoms with Gasteiger partial charge in [-0.1, -0.05) is 15.9 Å². The molecule has 0 N–H and O–H groups in total. The molecule has 1 rings (SSSR count). The minimum absolute atomic E-state index is 0.881. The van der Waals surface area contributed by atoms with Crippen molar-refractivity contribution in [3.8, 4) is 5.75 Å². The summed E-state index contributed by atoms with van der Waals surface area (Å²) in [5.74, 6) is 0.881. The highest BCUT2D eigenvalue weighted by molar-refractivity contribution is 9.10. The Kier molecular flexibility index (Phi) is 4.01. The summed E-state index contributed by atoms with van der Waals surface area (Å²) in [6.45, 7) is 2.01. The molecule has 0 aliphatic rings. The zero-order chi connectivity index (χ0) is 10.6. The van der Waals surface area contributed by atoms with E-state index in [1.54, 1.807) is 20.5 Å². The van der Waals surface area contributed by atoms with Gasteiger partial charge in [0.2, 0.25) is 0 Å². The molecule has 3 heteroatoms. The van der Waals surface area contributed by atoms with Crippen LogP contribution in [-0.2, 0) is 4.74 Å². The summed E-state index contributed by atoms with van der Waals surface area (Å²) < 4.78 is 11.1. The van der Waals surface area contributed by atoms with Gasteiger partial charge in [0.05, 0.1) is 20.5 Å². The third kappa shape index (κ3) is 2.51. The largest absolute Gasteiger partial charge is 0.504 e. The van der Waals surface area contributed by atoms with Crippen LogP contribution in [0.25, 0.3) is 6.08 Å². The molecular formula is C11H13BrO2. The van der Waals surface area contributed by atoms with E-state index >= 15 is 0 Å². The van der Waals surface area contributed by atoms with Crippen LogP contribution < -0.4 is 4.74 Å². The zero-order valence-electron chi connectivity index (χ0n) is 8.50. The zero-order valence-corrected chi connectivity index (χ0v) is 10.1. The van der Waals surface area contributed by atoms with Crippen molar-refractivity contribution in [2.45, 2.75) is 6.92 Å². The first-order chi connectivity index (χ1) is 6.69. The van der Waals surface area contributed by atoms with Crippen molar-refractivity contribution in [2.75, 3.05) is 14.2 Å². The summed E-state index contributed by atoms with van der Waals surface area (Å²) in [5, 5.41) is 0. The molecule has 0 aliphatic heterocycles. The van der Waals surface area contributed by atoms with E-state index < -0.39 is 0 Å². The highest BCUT2D eigenvalue weighted by Crippen LogP contribution is 2.27. The Hall–Kier alpha value is -0.960. The van der Waals surface area contributed by atoms with Crippen molar-refractivity contribution in [2.24, 2.45) is 0 Å². The van der Waals surface area contributed by atoms with E-state index in [0.717, 1.165) is 21.3 Å². The summed E-state index contributed by atoms with van der Waals surface area (Å²) in [4.78, 5) is 0. The average molecular weight is 257 g/mol. The Morgan fingerprint density at radius 3 is 2.57 bits per heavy atom. The summed E-state index contributed by atoms with van der Waals surface area (Å²) >= 11 is 3.47. The maximum Gasteiger partial charge on any atom is 0.122 e. The fourth-order valence-corrected chi connectivity index (χ4v) is 1.63. The molecule has 0 unspecified atom stereocenters. The van der Waals surface area contributed by atoms with Crippen molar-refractivity contribution in [3.05, 3.63) is 34.0 Å². The summed E-state index contributed by atoms with van der Waals surface area (Å²) in [5.41, 5.74) is 2.18. The van der Waals surface area contributed by atoms with Gasteiger partial charge in [0.25, 0.3) is 0 Å². The van der Waals surface area contributed by atoms with Gasteiger partial charge in [0, 0.05) is 4.47 Å². The fraction of sp³-hybridized carbons (Fsp3) is 0.273. The molecule has 0 aromatic heterocycles. The number of rotatable bonds is 3. The summed E-state index contributed by atoms with van der Waals surface area (Å²) in [7, 11) is 3.29. The minimum atomic E-state index is 0.881. The van der Waals surface area contributed by atoms with Crippen molar-refractivity contribution >= 4 is 22.0 Å². The highest BCUT2D eigenvalue weighted by atomic mass is 79.9. The van der Waals surface area contributed by atoms with E-state index in [9.17, 15) is 0 Å². The first-order valence-electron chi connectivity index (χ1n) is 4.22. The highest BCUT2D eigenvalue weighted by Gasteiger charge is 2.03. The van der Waals surface area contributed by atoms with Crippen LogP contribution in [0.1, 0.15) is 11.1 Å². The molecule has 14 heavy (non-hydrogen) atoms. The van der Waals surface area contributed by atoms with Crippen molar-refractivity contribution in [1.29, 1.82) is 0 Å². The normalized spacial score (nSPS) is 10.6. The quantitative estimate of drug-likeness (QED) is 0.773. The Morgan fingerprint density at radius 1 is 1.29 bits per heavy atom. The number of hydrogen-bond acceptors (Lipinski definition) is 2. The lowest BCUT2D eigenvalue weighted by Gasteiger charge is -2.07. The van der Waals surface area contributed by atoms with E-state index in [-0.39, 0.29) is 0 Å². The molecular weight excluding hydrogens is 244 g/mol. The van der Waals surface area contributed by atoms with Crippen LogP contribution in [0.3, 0.4) is 0 Å². The molecule has 0 fully saturated rings. The molecule has 0 saturated carbocycles. The molecule has 1 aromatic carbocycles. The smallest absolute Gasteiger partial charge is 0.122 e. The number of methoxy groups -OCH3 is 2. The third-order valence-corrected chi connectivity index (χ3v) is 2.58. The molecule has 0 atom stereocenters. The Balaban J connectivity index is 3.08. The standard InChI is InChI=1S/C11H13BrO2/c1-8-6-9(4-5-13-2)10(12)7-11(8)14-3/h4-7H,1-3H3/b5-4+. The molecule has 0 aliphatic carbocycles. The molecule has 0 amide bonds. The predicted molar refractivity (Wildman–Crippen MR) is 61.5 cm³/mol. The van der Waals surface area contributed by atoms with Gasteiger partial charge in [0.15, 0.2) is 0 Å². The van der Waals surface area contributed by atoms with Crippen LogP contribution in [0.2, 0.25) is 0 Å². The monoisotopic (exact) mass is 256 g/mol. The Morgan fingerprint density at radius 2 is 2.00 bits per heavy atom. The van der Waals surface area contributed by atoms with Crippen molar-refractivity contribution < 1.29 is 9.47 Å². The van der Waals surface area contributed by atoms with Crippen LogP contribution in [0.4, 0.5) is 0 Å². The fourth-order valence-electron chi connectivity index (χ4n) is 1.17. The van der Waals surface area contributed by atoms with E-state index in [1.807, 2.05) is 25.1 Å². The lowest BCUT2D eigenvalue weighted by atomic mass is 10.1. The molecule has 0 heterocycles. The maximum absolute atomic E-state index is 5.20. The minimum Gasteiger partial charge on any atom is -0.504 e. The second-order valence-electron chi connectivity index (χ2n) is 2.88. The lowest BCUT2D eigenvalue weighted by Crippen LogP contribution is -1.88. The number of hydrogen-bond donors (Lipinski definition) is 0. The average Bonchev–Trinajstić information content (AvgIpc) is 2.18. The van der Waals surface area contributed by atoms with Gasteiger partial charge in [-0.2, -0.15) is 0 Å². The van der Waals surface area contributed by atoms with Crippen LogP contribution in [0.15, 0.2) is 22.9 Å². The van der Waals surface area contributed by atoms with Gasteiger partial charge in [0.1, 0.15) is 5.75 Å². The second kappa shape index (κ2) is 5.05. The van der Waals surface area contributed by atoms with Crippen molar-refractivity contribution in [1.82, 2.24) is 0 Å². The molecule has 0 radical (unpaired) electrons. The van der Waals surface area contributed by atoms with Crippen LogP contribution >= 0.6 is 15.9 Å². The third-order valence-electron chi connectivity index (χ3n) is 1.90. The number of aryl methyl sites for hydroxylation is 1. The number of ether oxygens (including phenoxy) is 2. The Labute approximate surface area is 92.7 Å². The van der Waals surface area contributed by atoms with Gasteiger partial charge in [-0.3, -0.25) is 0 Å². The van der Waals surface area contributed by atoms with Gasteiger partial charge in [-0.25, -0.2) is 0 Å². The van der Waals surface area contributed by atoms with E-state index in [1.165, 1.54) is 0 Å². The first-order valence-corrected chi connectivity index (χ1v) is 5.02. The Bertz CT molecular complexity index is 345. The number of halogens is 1. The van der Waals surface area contributed by atoms with Gasteiger partial charge in [-0.05, 0) is 36.3 Å². The molecule has 1 aromatic rings. The maximum atomic E-state index is 5.20. The molecule has 2 nitrogen and oxygen atoms in total. The van der Waals surface area contributed by atoms with Gasteiger partial charge in [-0.15, -0.1) is 0 Å². The van der Waals surface area contributed by atoms with Gasteiger partial charge < -0.3 is 9.47 Å². The summed E-state index contributed by atoms with van der Waals surface area (Å²) in [6, 6.07) is 3.99.